The van der Waals surface area contributed by atoms with Gasteiger partial charge >= 0.3 is 0 Å². The summed E-state index contributed by atoms with van der Waals surface area (Å²) in [5, 5.41) is 9.66. The maximum Gasteiger partial charge on any atom is 0.184 e. The van der Waals surface area contributed by atoms with Gasteiger partial charge in [-0.05, 0) is 19.8 Å². The summed E-state index contributed by atoms with van der Waals surface area (Å²) in [6.07, 6.45) is 3.44. The molecule has 0 aromatic rings. The maximum atomic E-state index is 9.66. The molecule has 4 heteroatoms. The lowest BCUT2D eigenvalue weighted by Crippen LogP contribution is -2.20. The first-order valence-corrected chi connectivity index (χ1v) is 5.37. The summed E-state index contributed by atoms with van der Waals surface area (Å²) in [4.78, 5) is 3.87. The van der Waals surface area contributed by atoms with Crippen molar-refractivity contribution in [3.63, 3.8) is 0 Å². The number of nitrogens with zero attached hydrogens (tertiary/aromatic N) is 1. The van der Waals surface area contributed by atoms with Gasteiger partial charge in [0.1, 0.15) is 0 Å². The lowest BCUT2D eigenvalue weighted by Gasteiger charge is -2.14. The number of hydrogen-bond donors (Lipinski definition) is 2. The molecule has 0 radical (unpaired) electrons. The molecule has 15 heavy (non-hydrogen) atoms. The number of aliphatic hydroxyl groups is 1. The Hall–Kier alpha value is -0.870. The Labute approximate surface area is 91.8 Å². The topological polar surface area (TPSA) is 67.8 Å². The highest BCUT2D eigenvalue weighted by molar-refractivity contribution is 5.80. The predicted molar refractivity (Wildman–Crippen MR) is 62.8 cm³/mol. The lowest BCUT2D eigenvalue weighted by molar-refractivity contribution is -0.0635. The highest BCUT2D eigenvalue weighted by atomic mass is 16.6. The third kappa shape index (κ3) is 5.54. The monoisotopic (exact) mass is 214 g/mol. The second-order valence-electron chi connectivity index (χ2n) is 3.28. The van der Waals surface area contributed by atoms with Gasteiger partial charge in [-0.2, -0.15) is 0 Å². The van der Waals surface area contributed by atoms with E-state index in [-0.39, 0.29) is 0 Å². The number of rotatable bonds is 7. The van der Waals surface area contributed by atoms with Crippen LogP contribution < -0.4 is 5.73 Å². The maximum absolute atomic E-state index is 9.66. The Morgan fingerprint density at radius 3 is 2.67 bits per heavy atom. The van der Waals surface area contributed by atoms with Crippen molar-refractivity contribution in [1.29, 1.82) is 0 Å². The molecule has 88 valence electrons. The van der Waals surface area contributed by atoms with Gasteiger partial charge in [0.2, 0.25) is 0 Å². The van der Waals surface area contributed by atoms with Gasteiger partial charge in [-0.25, -0.2) is 0 Å². The number of aliphatic hydroxyl groups excluding tert-OH is 1. The Balaban J connectivity index is 4.59. The number of allylic oxidation sites excluding steroid dienone is 1. The average Bonchev–Trinajstić information content (AvgIpc) is 2.22. The molecule has 0 heterocycles. The molecule has 0 bridgehead atoms. The Kier molecular flexibility index (Phi) is 7.95. The fraction of sp³-hybridized carbons (Fsp3) is 0.727. The molecule has 0 rings (SSSR count). The average molecular weight is 214 g/mol. The largest absolute Gasteiger partial charge is 0.402 e. The molecule has 0 aromatic carbocycles. The standard InChI is InChI=1S/C11H22N2O2/c1-4-6-7-10(12)9(8-13-3)11(14)15-5-2/h8,11,14H,4-7,12H2,1-3H3. The van der Waals surface area contributed by atoms with Crippen molar-refractivity contribution in [2.45, 2.75) is 39.4 Å². The van der Waals surface area contributed by atoms with Gasteiger partial charge in [0.25, 0.3) is 0 Å². The van der Waals surface area contributed by atoms with Crippen LogP contribution in [0.2, 0.25) is 0 Å². The summed E-state index contributed by atoms with van der Waals surface area (Å²) in [5.41, 5.74) is 7.10. The zero-order valence-electron chi connectivity index (χ0n) is 9.86. The van der Waals surface area contributed by atoms with Crippen LogP contribution in [0.4, 0.5) is 0 Å². The first-order chi connectivity index (χ1) is 7.17. The molecule has 3 N–H and O–H groups in total. The molecule has 1 atom stereocenters. The Bertz CT molecular complexity index is 225. The first kappa shape index (κ1) is 14.1. The highest BCUT2D eigenvalue weighted by Gasteiger charge is 2.12. The van der Waals surface area contributed by atoms with Crippen molar-refractivity contribution in [3.8, 4) is 0 Å². The third-order valence-electron chi connectivity index (χ3n) is 2.03. The van der Waals surface area contributed by atoms with E-state index in [0.717, 1.165) is 19.3 Å². The molecule has 0 aliphatic heterocycles. The normalized spacial score (nSPS) is 15.5. The summed E-state index contributed by atoms with van der Waals surface area (Å²) in [5.74, 6) is 0. The molecule has 0 spiro atoms. The SMILES string of the molecule is CCCCC(N)=C(C=NC)C(O)OCC. The van der Waals surface area contributed by atoms with Crippen molar-refractivity contribution < 1.29 is 9.84 Å². The van der Waals surface area contributed by atoms with Crippen LogP contribution in [0.15, 0.2) is 16.3 Å². The second kappa shape index (κ2) is 8.44. The minimum absolute atomic E-state index is 0.448. The predicted octanol–water partition coefficient (Wildman–Crippen LogP) is 1.44. The summed E-state index contributed by atoms with van der Waals surface area (Å²) in [6, 6.07) is 0. The zero-order chi connectivity index (χ0) is 11.7. The number of unbranched alkanes of at least 4 members (excludes halogenated alkanes) is 1. The van der Waals surface area contributed by atoms with E-state index in [0.29, 0.717) is 17.9 Å². The van der Waals surface area contributed by atoms with Crippen molar-refractivity contribution in [2.75, 3.05) is 13.7 Å². The van der Waals surface area contributed by atoms with Crippen LogP contribution in [0.25, 0.3) is 0 Å². The zero-order valence-corrected chi connectivity index (χ0v) is 9.86. The van der Waals surface area contributed by atoms with E-state index >= 15 is 0 Å². The molecule has 0 aliphatic carbocycles. The highest BCUT2D eigenvalue weighted by Crippen LogP contribution is 2.11. The third-order valence-corrected chi connectivity index (χ3v) is 2.03. The second-order valence-corrected chi connectivity index (χ2v) is 3.28. The van der Waals surface area contributed by atoms with Crippen molar-refractivity contribution in [3.05, 3.63) is 11.3 Å². The smallest absolute Gasteiger partial charge is 0.184 e. The van der Waals surface area contributed by atoms with Gasteiger partial charge in [0.05, 0.1) is 0 Å². The molecule has 0 saturated heterocycles. The van der Waals surface area contributed by atoms with Crippen LogP contribution in [0.3, 0.4) is 0 Å². The summed E-state index contributed by atoms with van der Waals surface area (Å²) < 4.78 is 5.08. The molecule has 0 saturated carbocycles. The molecule has 1 unspecified atom stereocenters. The minimum atomic E-state index is -0.962. The van der Waals surface area contributed by atoms with Crippen LogP contribution in [0.5, 0.6) is 0 Å². The van der Waals surface area contributed by atoms with E-state index in [1.165, 1.54) is 0 Å². The van der Waals surface area contributed by atoms with E-state index in [2.05, 4.69) is 11.9 Å². The van der Waals surface area contributed by atoms with E-state index in [9.17, 15) is 5.11 Å². The lowest BCUT2D eigenvalue weighted by atomic mass is 10.1. The molecule has 0 amide bonds. The summed E-state index contributed by atoms with van der Waals surface area (Å²) >= 11 is 0. The molecular formula is C11H22N2O2. The van der Waals surface area contributed by atoms with Gasteiger partial charge in [-0.1, -0.05) is 13.3 Å². The summed E-state index contributed by atoms with van der Waals surface area (Å²) in [7, 11) is 1.64. The molecule has 0 aromatic heterocycles. The van der Waals surface area contributed by atoms with Crippen LogP contribution in [-0.2, 0) is 4.74 Å². The van der Waals surface area contributed by atoms with Gasteiger partial charge < -0.3 is 15.6 Å². The summed E-state index contributed by atoms with van der Waals surface area (Å²) in [6.45, 7) is 4.37. The minimum Gasteiger partial charge on any atom is -0.402 e. The van der Waals surface area contributed by atoms with Gasteiger partial charge in [-0.3, -0.25) is 4.99 Å². The first-order valence-electron chi connectivity index (χ1n) is 5.37. The van der Waals surface area contributed by atoms with E-state index in [1.54, 1.807) is 13.3 Å². The van der Waals surface area contributed by atoms with Gasteiger partial charge in [0.15, 0.2) is 6.29 Å². The number of ether oxygens (including phenoxy) is 1. The Morgan fingerprint density at radius 2 is 2.20 bits per heavy atom. The fourth-order valence-corrected chi connectivity index (χ4v) is 1.20. The Morgan fingerprint density at radius 1 is 1.53 bits per heavy atom. The number of nitrogens with two attached hydrogens (primary N) is 1. The van der Waals surface area contributed by atoms with Crippen molar-refractivity contribution in [1.82, 2.24) is 0 Å². The van der Waals surface area contributed by atoms with E-state index < -0.39 is 6.29 Å². The van der Waals surface area contributed by atoms with Crippen LogP contribution in [0, 0.1) is 0 Å². The molecule has 4 nitrogen and oxygen atoms in total. The number of hydrogen-bond acceptors (Lipinski definition) is 4. The van der Waals surface area contributed by atoms with Gasteiger partial charge in [-0.15, -0.1) is 0 Å². The van der Waals surface area contributed by atoms with Crippen molar-refractivity contribution >= 4 is 6.21 Å². The van der Waals surface area contributed by atoms with Gasteiger partial charge in [0, 0.05) is 31.1 Å². The van der Waals surface area contributed by atoms with Crippen LogP contribution in [-0.4, -0.2) is 31.3 Å². The van der Waals surface area contributed by atoms with E-state index in [4.69, 9.17) is 10.5 Å². The quantitative estimate of drug-likeness (QED) is 0.498. The molecular weight excluding hydrogens is 192 g/mol. The molecule has 0 aliphatic rings. The number of aliphatic imine (C=N–C) groups is 1. The van der Waals surface area contributed by atoms with Crippen molar-refractivity contribution in [2.24, 2.45) is 10.7 Å². The fourth-order valence-electron chi connectivity index (χ4n) is 1.20. The van der Waals surface area contributed by atoms with E-state index in [1.807, 2.05) is 6.92 Å². The van der Waals surface area contributed by atoms with Crippen LogP contribution >= 0.6 is 0 Å². The molecule has 0 fully saturated rings. The van der Waals surface area contributed by atoms with Crippen LogP contribution in [0.1, 0.15) is 33.1 Å².